The second-order valence-corrected chi connectivity index (χ2v) is 12.0. The number of sulfonamides is 1. The number of nitrogens with zero attached hydrogens (tertiary/aromatic N) is 2. The number of halogens is 1. The van der Waals surface area contributed by atoms with Gasteiger partial charge in [0.15, 0.2) is 0 Å². The largest absolute Gasteiger partial charge is 0.354 e. The average Bonchev–Trinajstić information content (AvgIpc) is 2.90. The average molecular weight is 570 g/mol. The summed E-state index contributed by atoms with van der Waals surface area (Å²) >= 11 is 6.18. The first-order chi connectivity index (χ1) is 18.4. The highest BCUT2D eigenvalue weighted by Gasteiger charge is 2.33. The van der Waals surface area contributed by atoms with E-state index in [4.69, 9.17) is 11.6 Å². The van der Waals surface area contributed by atoms with E-state index in [-0.39, 0.29) is 17.3 Å². The molecule has 3 aromatic carbocycles. The van der Waals surface area contributed by atoms with E-state index in [1.165, 1.54) is 17.0 Å². The zero-order valence-electron chi connectivity index (χ0n) is 23.1. The third kappa shape index (κ3) is 7.61. The molecule has 0 bridgehead atoms. The molecule has 1 unspecified atom stereocenters. The first-order valence-electron chi connectivity index (χ1n) is 12.9. The van der Waals surface area contributed by atoms with Crippen LogP contribution in [0, 0.1) is 20.8 Å². The first-order valence-corrected chi connectivity index (χ1v) is 14.7. The number of hydrogen-bond donors (Lipinski definition) is 1. The fourth-order valence-electron chi connectivity index (χ4n) is 4.15. The van der Waals surface area contributed by atoms with Crippen molar-refractivity contribution < 1.29 is 18.0 Å². The molecule has 0 aliphatic heterocycles. The zero-order chi connectivity index (χ0) is 28.7. The van der Waals surface area contributed by atoms with E-state index < -0.39 is 28.5 Å². The predicted octanol–water partition coefficient (Wildman–Crippen LogP) is 5.40. The van der Waals surface area contributed by atoms with Gasteiger partial charge in [0.05, 0.1) is 10.6 Å². The summed E-state index contributed by atoms with van der Waals surface area (Å²) in [6.07, 6.45) is 0.746. The van der Waals surface area contributed by atoms with Crippen LogP contribution in [-0.2, 0) is 26.2 Å². The van der Waals surface area contributed by atoms with Crippen LogP contribution in [0.3, 0.4) is 0 Å². The quantitative estimate of drug-likeness (QED) is 0.335. The minimum Gasteiger partial charge on any atom is -0.354 e. The van der Waals surface area contributed by atoms with Crippen LogP contribution in [0.1, 0.15) is 42.5 Å². The molecule has 208 valence electrons. The molecule has 0 saturated carbocycles. The molecule has 0 aliphatic rings. The maximum Gasteiger partial charge on any atom is 0.264 e. The van der Waals surface area contributed by atoms with Gasteiger partial charge in [-0.05, 0) is 81.1 Å². The molecular weight excluding hydrogens is 534 g/mol. The van der Waals surface area contributed by atoms with Gasteiger partial charge in [-0.15, -0.1) is 0 Å². The number of amides is 2. The van der Waals surface area contributed by atoms with E-state index in [9.17, 15) is 18.0 Å². The third-order valence-corrected chi connectivity index (χ3v) is 8.49. The van der Waals surface area contributed by atoms with Crippen molar-refractivity contribution in [1.29, 1.82) is 0 Å². The Hall–Kier alpha value is -3.36. The first kappa shape index (κ1) is 30.2. The molecule has 1 N–H and O–H groups in total. The minimum absolute atomic E-state index is 0.0805. The lowest BCUT2D eigenvalue weighted by Gasteiger charge is -2.32. The van der Waals surface area contributed by atoms with Crippen molar-refractivity contribution in [2.24, 2.45) is 0 Å². The van der Waals surface area contributed by atoms with Gasteiger partial charge in [0, 0.05) is 18.1 Å². The van der Waals surface area contributed by atoms with Crippen LogP contribution in [0.5, 0.6) is 0 Å². The van der Waals surface area contributed by atoms with Crippen LogP contribution < -0.4 is 9.62 Å². The highest BCUT2D eigenvalue weighted by atomic mass is 35.5. The maximum absolute atomic E-state index is 14.0. The highest BCUT2D eigenvalue weighted by Crippen LogP contribution is 2.29. The highest BCUT2D eigenvalue weighted by molar-refractivity contribution is 7.92. The summed E-state index contributed by atoms with van der Waals surface area (Å²) in [5.74, 6) is -0.822. The molecule has 1 atom stereocenters. The number of carbonyl (C=O) groups is 2. The van der Waals surface area contributed by atoms with Gasteiger partial charge in [-0.2, -0.15) is 0 Å². The molecule has 39 heavy (non-hydrogen) atoms. The fraction of sp³-hybridized carbons (Fsp3) is 0.333. The lowest BCUT2D eigenvalue weighted by Crippen LogP contribution is -2.51. The van der Waals surface area contributed by atoms with Crippen molar-refractivity contribution >= 4 is 39.1 Å². The molecule has 0 radical (unpaired) electrons. The Labute approximate surface area is 236 Å². The van der Waals surface area contributed by atoms with Crippen molar-refractivity contribution in [2.75, 3.05) is 17.4 Å². The Bertz CT molecular complexity index is 1420. The Morgan fingerprint density at radius 1 is 0.949 bits per heavy atom. The van der Waals surface area contributed by atoms with Gasteiger partial charge in [-0.25, -0.2) is 8.42 Å². The molecule has 0 aromatic heterocycles. The van der Waals surface area contributed by atoms with E-state index in [2.05, 4.69) is 5.32 Å². The number of benzene rings is 3. The number of anilines is 1. The van der Waals surface area contributed by atoms with Crippen molar-refractivity contribution in [2.45, 2.75) is 58.5 Å². The lowest BCUT2D eigenvalue weighted by atomic mass is 10.1. The van der Waals surface area contributed by atoms with Crippen molar-refractivity contribution in [3.05, 3.63) is 94.0 Å². The second kappa shape index (κ2) is 13.1. The van der Waals surface area contributed by atoms with Crippen LogP contribution in [0.2, 0.25) is 5.02 Å². The third-order valence-electron chi connectivity index (χ3n) is 6.48. The van der Waals surface area contributed by atoms with E-state index in [1.807, 2.05) is 45.9 Å². The maximum atomic E-state index is 14.0. The van der Waals surface area contributed by atoms with E-state index in [0.29, 0.717) is 22.8 Å². The van der Waals surface area contributed by atoms with Crippen LogP contribution in [0.4, 0.5) is 5.69 Å². The van der Waals surface area contributed by atoms with Gasteiger partial charge in [0.25, 0.3) is 10.0 Å². The van der Waals surface area contributed by atoms with Gasteiger partial charge in [-0.1, -0.05) is 60.5 Å². The summed E-state index contributed by atoms with van der Waals surface area (Å²) in [5.41, 5.74) is 3.62. The van der Waals surface area contributed by atoms with Crippen molar-refractivity contribution in [3.8, 4) is 0 Å². The number of hydrogen-bond acceptors (Lipinski definition) is 4. The molecule has 0 spiro atoms. The standard InChI is InChI=1S/C30H36ClN3O4S/c1-6-16-32-30(36)24(5)33(19-25-8-7-9-26(31)18-25)29(35)20-34(28-17-22(3)10-13-23(28)4)39(37,38)27-14-11-21(2)12-15-27/h7-15,17-18,24H,6,16,19-20H2,1-5H3,(H,32,36). The monoisotopic (exact) mass is 569 g/mol. The fourth-order valence-corrected chi connectivity index (χ4v) is 5.83. The summed E-state index contributed by atoms with van der Waals surface area (Å²) in [4.78, 5) is 28.4. The van der Waals surface area contributed by atoms with Crippen LogP contribution in [0.15, 0.2) is 71.6 Å². The molecule has 3 aromatic rings. The topological polar surface area (TPSA) is 86.8 Å². The van der Waals surface area contributed by atoms with Crippen LogP contribution >= 0.6 is 11.6 Å². The lowest BCUT2D eigenvalue weighted by molar-refractivity contribution is -0.139. The SMILES string of the molecule is CCCNC(=O)C(C)N(Cc1cccc(Cl)c1)C(=O)CN(c1cc(C)ccc1C)S(=O)(=O)c1ccc(C)cc1. The summed E-state index contributed by atoms with van der Waals surface area (Å²) in [6.45, 7) is 9.22. The van der Waals surface area contributed by atoms with Gasteiger partial charge in [0.1, 0.15) is 12.6 Å². The molecule has 0 fully saturated rings. The second-order valence-electron chi connectivity index (χ2n) is 9.73. The molecule has 7 nitrogen and oxygen atoms in total. The molecule has 2 amide bonds. The van der Waals surface area contributed by atoms with E-state index >= 15 is 0 Å². The number of aryl methyl sites for hydroxylation is 3. The van der Waals surface area contributed by atoms with Crippen molar-refractivity contribution in [3.63, 3.8) is 0 Å². The molecule has 0 saturated heterocycles. The smallest absolute Gasteiger partial charge is 0.264 e. The number of carbonyl (C=O) groups excluding carboxylic acids is 2. The summed E-state index contributed by atoms with van der Waals surface area (Å²) < 4.78 is 29.1. The van der Waals surface area contributed by atoms with E-state index in [0.717, 1.165) is 27.4 Å². The molecule has 9 heteroatoms. The number of rotatable bonds is 11. The van der Waals surface area contributed by atoms with Gasteiger partial charge in [-0.3, -0.25) is 13.9 Å². The Balaban J connectivity index is 2.06. The van der Waals surface area contributed by atoms with Gasteiger partial charge >= 0.3 is 0 Å². The predicted molar refractivity (Wildman–Crippen MR) is 156 cm³/mol. The molecular formula is C30H36ClN3O4S. The molecule has 3 rings (SSSR count). The number of nitrogens with one attached hydrogen (secondary N) is 1. The van der Waals surface area contributed by atoms with E-state index in [1.54, 1.807) is 43.3 Å². The van der Waals surface area contributed by atoms with Crippen LogP contribution in [0.25, 0.3) is 0 Å². The zero-order valence-corrected chi connectivity index (χ0v) is 24.6. The Morgan fingerprint density at radius 3 is 2.26 bits per heavy atom. The van der Waals surface area contributed by atoms with Gasteiger partial charge in [0.2, 0.25) is 11.8 Å². The Morgan fingerprint density at radius 2 is 1.62 bits per heavy atom. The molecule has 0 aliphatic carbocycles. The minimum atomic E-state index is -4.11. The summed E-state index contributed by atoms with van der Waals surface area (Å²) in [5, 5.41) is 3.34. The van der Waals surface area contributed by atoms with Crippen molar-refractivity contribution in [1.82, 2.24) is 10.2 Å². The summed E-state index contributed by atoms with van der Waals surface area (Å²) in [7, 11) is -4.11. The molecule has 0 heterocycles. The normalized spacial score (nSPS) is 12.1. The summed E-state index contributed by atoms with van der Waals surface area (Å²) in [6, 6.07) is 18.2. The Kier molecular flexibility index (Phi) is 10.2. The van der Waals surface area contributed by atoms with Gasteiger partial charge < -0.3 is 10.2 Å². The van der Waals surface area contributed by atoms with Crippen LogP contribution in [-0.4, -0.2) is 44.3 Å².